The lowest BCUT2D eigenvalue weighted by atomic mass is 9.78. The first kappa shape index (κ1) is 13.5. The molecule has 2 N–H and O–H groups in total. The Bertz CT molecular complexity index is 370. The van der Waals surface area contributed by atoms with E-state index in [1.807, 2.05) is 0 Å². The fraction of sp³-hybridized carbons (Fsp3) is 0.846. The molecule has 1 heterocycles. The molecule has 0 unspecified atom stereocenters. The zero-order valence-electron chi connectivity index (χ0n) is 11.3. The van der Waals surface area contributed by atoms with Gasteiger partial charge in [0.25, 0.3) is 0 Å². The van der Waals surface area contributed by atoms with Gasteiger partial charge in [0, 0.05) is 13.5 Å². The van der Waals surface area contributed by atoms with Crippen molar-refractivity contribution in [1.82, 2.24) is 15.5 Å². The molecule has 1 saturated carbocycles. The third-order valence-electron chi connectivity index (χ3n) is 3.91. The molecule has 102 valence electrons. The van der Waals surface area contributed by atoms with Crippen LogP contribution < -0.4 is 5.32 Å². The maximum atomic E-state index is 10.4. The highest BCUT2D eigenvalue weighted by atomic mass is 16.4. The van der Waals surface area contributed by atoms with Gasteiger partial charge in [-0.25, -0.2) is 0 Å². The van der Waals surface area contributed by atoms with Gasteiger partial charge in [-0.15, -0.1) is 10.2 Å². The fourth-order valence-electron chi connectivity index (χ4n) is 2.61. The van der Waals surface area contributed by atoms with Crippen LogP contribution in [0, 0.1) is 12.8 Å². The zero-order chi connectivity index (χ0) is 13.0. The number of aryl methyl sites for hydroxylation is 1. The number of rotatable bonds is 5. The van der Waals surface area contributed by atoms with E-state index >= 15 is 0 Å². The summed E-state index contributed by atoms with van der Waals surface area (Å²) in [6.45, 7) is 5.13. The molecule has 5 nitrogen and oxygen atoms in total. The van der Waals surface area contributed by atoms with E-state index in [0.717, 1.165) is 31.6 Å². The molecular formula is C13H23N3O2. The van der Waals surface area contributed by atoms with E-state index in [9.17, 15) is 5.11 Å². The zero-order valence-corrected chi connectivity index (χ0v) is 11.3. The van der Waals surface area contributed by atoms with Crippen molar-refractivity contribution in [1.29, 1.82) is 0 Å². The maximum Gasteiger partial charge on any atom is 0.230 e. The van der Waals surface area contributed by atoms with E-state index in [4.69, 9.17) is 4.42 Å². The summed E-state index contributed by atoms with van der Waals surface area (Å²) >= 11 is 0. The third kappa shape index (κ3) is 3.53. The van der Waals surface area contributed by atoms with E-state index in [1.54, 1.807) is 6.92 Å². The molecule has 0 radical (unpaired) electrons. The fourth-order valence-corrected chi connectivity index (χ4v) is 2.61. The standard InChI is InChI=1S/C13H23N3O2/c1-3-11-4-6-13(17,7-5-11)9-14-8-12-16-15-10(2)18-12/h11,14,17H,3-9H2,1-2H3. The van der Waals surface area contributed by atoms with Crippen molar-refractivity contribution in [3.63, 3.8) is 0 Å². The Labute approximate surface area is 108 Å². The second-order valence-electron chi connectivity index (χ2n) is 5.39. The predicted octanol–water partition coefficient (Wildman–Crippen LogP) is 1.80. The number of hydrogen-bond donors (Lipinski definition) is 2. The molecule has 0 amide bonds. The highest BCUT2D eigenvalue weighted by molar-refractivity contribution is 4.88. The Morgan fingerprint density at radius 2 is 2.11 bits per heavy atom. The summed E-state index contributed by atoms with van der Waals surface area (Å²) in [7, 11) is 0. The van der Waals surface area contributed by atoms with Gasteiger partial charge < -0.3 is 14.8 Å². The molecule has 0 spiro atoms. The molecule has 0 aliphatic heterocycles. The van der Waals surface area contributed by atoms with Crippen molar-refractivity contribution < 1.29 is 9.52 Å². The number of nitrogens with zero attached hydrogens (tertiary/aromatic N) is 2. The van der Waals surface area contributed by atoms with Crippen molar-refractivity contribution >= 4 is 0 Å². The van der Waals surface area contributed by atoms with Crippen LogP contribution >= 0.6 is 0 Å². The van der Waals surface area contributed by atoms with Crippen LogP contribution in [0.3, 0.4) is 0 Å². The highest BCUT2D eigenvalue weighted by Gasteiger charge is 2.32. The number of aliphatic hydroxyl groups is 1. The van der Waals surface area contributed by atoms with Gasteiger partial charge in [0.05, 0.1) is 12.1 Å². The molecule has 0 atom stereocenters. The highest BCUT2D eigenvalue weighted by Crippen LogP contribution is 2.33. The van der Waals surface area contributed by atoms with Gasteiger partial charge in [0.15, 0.2) is 0 Å². The Morgan fingerprint density at radius 3 is 2.67 bits per heavy atom. The Morgan fingerprint density at radius 1 is 1.39 bits per heavy atom. The quantitative estimate of drug-likeness (QED) is 0.837. The van der Waals surface area contributed by atoms with Crippen LogP contribution in [0.25, 0.3) is 0 Å². The van der Waals surface area contributed by atoms with Gasteiger partial charge in [-0.05, 0) is 31.6 Å². The molecule has 1 aliphatic rings. The SMILES string of the molecule is CCC1CCC(O)(CNCc2nnc(C)o2)CC1. The topological polar surface area (TPSA) is 71.2 Å². The molecule has 1 fully saturated rings. The predicted molar refractivity (Wildman–Crippen MR) is 67.9 cm³/mol. The van der Waals surface area contributed by atoms with Gasteiger partial charge >= 0.3 is 0 Å². The molecule has 0 saturated heterocycles. The lowest BCUT2D eigenvalue weighted by molar-refractivity contribution is -0.00914. The number of aromatic nitrogens is 2. The Kier molecular flexibility index (Phi) is 4.35. The lowest BCUT2D eigenvalue weighted by Crippen LogP contribution is -2.43. The monoisotopic (exact) mass is 253 g/mol. The van der Waals surface area contributed by atoms with Gasteiger partial charge in [-0.2, -0.15) is 0 Å². The van der Waals surface area contributed by atoms with Crippen LogP contribution in [0.2, 0.25) is 0 Å². The van der Waals surface area contributed by atoms with Gasteiger partial charge in [0.2, 0.25) is 11.8 Å². The third-order valence-corrected chi connectivity index (χ3v) is 3.91. The molecule has 0 aromatic carbocycles. The van der Waals surface area contributed by atoms with Crippen LogP contribution in [0.1, 0.15) is 50.8 Å². The minimum Gasteiger partial charge on any atom is -0.424 e. The van der Waals surface area contributed by atoms with E-state index in [2.05, 4.69) is 22.4 Å². The minimum absolute atomic E-state index is 0.528. The maximum absolute atomic E-state index is 10.4. The second kappa shape index (κ2) is 5.80. The van der Waals surface area contributed by atoms with Crippen LogP contribution in [-0.2, 0) is 6.54 Å². The molecule has 5 heteroatoms. The van der Waals surface area contributed by atoms with Gasteiger partial charge in [0.1, 0.15) is 0 Å². The summed E-state index contributed by atoms with van der Waals surface area (Å²) in [5.74, 6) is 1.95. The molecule has 2 rings (SSSR count). The minimum atomic E-state index is -0.555. The number of hydrogen-bond acceptors (Lipinski definition) is 5. The van der Waals surface area contributed by atoms with E-state index in [1.165, 1.54) is 6.42 Å². The second-order valence-corrected chi connectivity index (χ2v) is 5.39. The van der Waals surface area contributed by atoms with Gasteiger partial charge in [-0.3, -0.25) is 0 Å². The molecule has 1 aromatic rings. The normalized spacial score (nSPS) is 28.5. The molecule has 1 aromatic heterocycles. The Balaban J connectivity index is 1.73. The summed E-state index contributed by atoms with van der Waals surface area (Å²) in [5, 5.41) is 21.3. The van der Waals surface area contributed by atoms with Crippen LogP contribution in [0.5, 0.6) is 0 Å². The number of nitrogens with one attached hydrogen (secondary N) is 1. The van der Waals surface area contributed by atoms with Crippen molar-refractivity contribution in [2.24, 2.45) is 5.92 Å². The first-order valence-electron chi connectivity index (χ1n) is 6.83. The van der Waals surface area contributed by atoms with Crippen molar-refractivity contribution in [3.05, 3.63) is 11.8 Å². The smallest absolute Gasteiger partial charge is 0.230 e. The van der Waals surface area contributed by atoms with Crippen molar-refractivity contribution in [2.45, 2.75) is 58.1 Å². The summed E-state index contributed by atoms with van der Waals surface area (Å²) in [4.78, 5) is 0. The van der Waals surface area contributed by atoms with Crippen molar-refractivity contribution in [2.75, 3.05) is 6.54 Å². The molecule has 1 aliphatic carbocycles. The first-order chi connectivity index (χ1) is 8.61. The summed E-state index contributed by atoms with van der Waals surface area (Å²) in [6.07, 6.45) is 5.27. The van der Waals surface area contributed by atoms with Crippen LogP contribution in [0.4, 0.5) is 0 Å². The van der Waals surface area contributed by atoms with Crippen LogP contribution in [0.15, 0.2) is 4.42 Å². The van der Waals surface area contributed by atoms with Crippen LogP contribution in [-0.4, -0.2) is 27.4 Å². The lowest BCUT2D eigenvalue weighted by Gasteiger charge is -2.35. The molecular weight excluding hydrogens is 230 g/mol. The van der Waals surface area contributed by atoms with E-state index in [0.29, 0.717) is 24.9 Å². The van der Waals surface area contributed by atoms with E-state index < -0.39 is 5.60 Å². The largest absolute Gasteiger partial charge is 0.424 e. The van der Waals surface area contributed by atoms with Gasteiger partial charge in [-0.1, -0.05) is 13.3 Å². The molecule has 18 heavy (non-hydrogen) atoms. The average molecular weight is 253 g/mol. The summed E-state index contributed by atoms with van der Waals surface area (Å²) in [6, 6.07) is 0. The van der Waals surface area contributed by atoms with E-state index in [-0.39, 0.29) is 0 Å². The summed E-state index contributed by atoms with van der Waals surface area (Å²) in [5.41, 5.74) is -0.555. The van der Waals surface area contributed by atoms with Crippen molar-refractivity contribution in [3.8, 4) is 0 Å². The first-order valence-corrected chi connectivity index (χ1v) is 6.83. The average Bonchev–Trinajstić information content (AvgIpc) is 2.76. The summed E-state index contributed by atoms with van der Waals surface area (Å²) < 4.78 is 5.27. The molecule has 0 bridgehead atoms. The Hall–Kier alpha value is -0.940.